The Morgan fingerprint density at radius 3 is 2.50 bits per heavy atom. The van der Waals surface area contributed by atoms with Crippen LogP contribution < -0.4 is 0 Å². The first-order chi connectivity index (χ1) is 8.68. The number of benzene rings is 1. The van der Waals surface area contributed by atoms with Crippen molar-refractivity contribution >= 4 is 22.9 Å². The highest BCUT2D eigenvalue weighted by atomic mass is 32.1. The van der Waals surface area contributed by atoms with Gasteiger partial charge in [0, 0.05) is 6.92 Å². The number of rotatable bonds is 4. The van der Waals surface area contributed by atoms with Gasteiger partial charge < -0.3 is 4.90 Å². The minimum atomic E-state index is 0.0113. The molecular formula is C15H15NOS. The number of amides is 1. The molecule has 1 heterocycles. The summed E-state index contributed by atoms with van der Waals surface area (Å²) in [5.41, 5.74) is 1.87. The monoisotopic (exact) mass is 257 g/mol. The van der Waals surface area contributed by atoms with E-state index in [2.05, 4.69) is 6.58 Å². The Hall–Kier alpha value is -1.87. The van der Waals surface area contributed by atoms with Crippen LogP contribution >= 0.6 is 11.3 Å². The molecule has 0 saturated carbocycles. The van der Waals surface area contributed by atoms with Crippen molar-refractivity contribution in [2.24, 2.45) is 0 Å². The van der Waals surface area contributed by atoms with Crippen LogP contribution in [0.5, 0.6) is 0 Å². The third-order valence-electron chi connectivity index (χ3n) is 2.70. The van der Waals surface area contributed by atoms with Crippen LogP contribution in [0.2, 0.25) is 0 Å². The number of thiophene rings is 1. The lowest BCUT2D eigenvalue weighted by Gasteiger charge is -2.22. The lowest BCUT2D eigenvalue weighted by atomic mass is 10.2. The molecule has 0 fully saturated rings. The summed E-state index contributed by atoms with van der Waals surface area (Å²) in [6, 6.07) is 13.9. The lowest BCUT2D eigenvalue weighted by molar-refractivity contribution is -0.126. The number of hydrogen-bond acceptors (Lipinski definition) is 2. The highest BCUT2D eigenvalue weighted by Gasteiger charge is 2.15. The molecule has 0 N–H and O–H groups in total. The molecular weight excluding hydrogens is 242 g/mol. The first kappa shape index (κ1) is 12.6. The van der Waals surface area contributed by atoms with Gasteiger partial charge in [0.15, 0.2) is 0 Å². The SMILES string of the molecule is C=C(c1cccs1)N(Cc1ccccc1)C(C)=O. The number of carbonyl (C=O) groups is 1. The predicted octanol–water partition coefficient (Wildman–Crippen LogP) is 3.77. The van der Waals surface area contributed by atoms with E-state index in [4.69, 9.17) is 0 Å². The van der Waals surface area contributed by atoms with Crippen molar-refractivity contribution in [3.8, 4) is 0 Å². The van der Waals surface area contributed by atoms with Crippen LogP contribution in [0.1, 0.15) is 17.4 Å². The maximum absolute atomic E-state index is 11.8. The Kier molecular flexibility index (Phi) is 3.95. The molecule has 0 saturated heterocycles. The van der Waals surface area contributed by atoms with Gasteiger partial charge in [-0.25, -0.2) is 0 Å². The maximum atomic E-state index is 11.8. The largest absolute Gasteiger partial charge is 0.307 e. The van der Waals surface area contributed by atoms with Crippen LogP contribution in [0.4, 0.5) is 0 Å². The van der Waals surface area contributed by atoms with Gasteiger partial charge in [-0.3, -0.25) is 4.79 Å². The summed E-state index contributed by atoms with van der Waals surface area (Å²) in [4.78, 5) is 14.5. The fourth-order valence-electron chi connectivity index (χ4n) is 1.74. The predicted molar refractivity (Wildman–Crippen MR) is 76.0 cm³/mol. The maximum Gasteiger partial charge on any atom is 0.224 e. The van der Waals surface area contributed by atoms with Gasteiger partial charge in [-0.2, -0.15) is 0 Å². The second-order valence-electron chi connectivity index (χ2n) is 4.01. The van der Waals surface area contributed by atoms with E-state index in [1.807, 2.05) is 47.8 Å². The van der Waals surface area contributed by atoms with E-state index < -0.39 is 0 Å². The van der Waals surface area contributed by atoms with Gasteiger partial charge in [0.25, 0.3) is 0 Å². The van der Waals surface area contributed by atoms with Crippen LogP contribution in [0.3, 0.4) is 0 Å². The minimum Gasteiger partial charge on any atom is -0.307 e. The molecule has 0 aliphatic carbocycles. The molecule has 0 unspecified atom stereocenters. The second-order valence-corrected chi connectivity index (χ2v) is 4.96. The van der Waals surface area contributed by atoms with E-state index in [1.54, 1.807) is 23.2 Å². The summed E-state index contributed by atoms with van der Waals surface area (Å²) in [6.45, 7) is 6.16. The Morgan fingerprint density at radius 2 is 1.94 bits per heavy atom. The number of hydrogen-bond donors (Lipinski definition) is 0. The molecule has 0 bridgehead atoms. The van der Waals surface area contributed by atoms with Crippen molar-refractivity contribution in [1.29, 1.82) is 0 Å². The Balaban J connectivity index is 2.19. The highest BCUT2D eigenvalue weighted by Crippen LogP contribution is 2.24. The summed E-state index contributed by atoms with van der Waals surface area (Å²) in [5, 5.41) is 1.99. The van der Waals surface area contributed by atoms with E-state index in [9.17, 15) is 4.79 Å². The summed E-state index contributed by atoms with van der Waals surface area (Å²) in [7, 11) is 0. The molecule has 0 spiro atoms. The van der Waals surface area contributed by atoms with Crippen LogP contribution in [0.15, 0.2) is 54.4 Å². The molecule has 2 rings (SSSR count). The molecule has 2 aromatic rings. The van der Waals surface area contributed by atoms with Crippen molar-refractivity contribution in [1.82, 2.24) is 4.90 Å². The molecule has 18 heavy (non-hydrogen) atoms. The van der Waals surface area contributed by atoms with E-state index >= 15 is 0 Å². The van der Waals surface area contributed by atoms with E-state index in [0.717, 1.165) is 16.1 Å². The average molecular weight is 257 g/mol. The number of nitrogens with zero attached hydrogens (tertiary/aromatic N) is 1. The van der Waals surface area contributed by atoms with Gasteiger partial charge in [0.2, 0.25) is 5.91 Å². The van der Waals surface area contributed by atoms with Crippen LogP contribution in [0.25, 0.3) is 5.70 Å². The van der Waals surface area contributed by atoms with Crippen LogP contribution in [-0.2, 0) is 11.3 Å². The molecule has 0 radical (unpaired) electrons. The van der Waals surface area contributed by atoms with Crippen molar-refractivity contribution < 1.29 is 4.79 Å². The molecule has 3 heteroatoms. The fourth-order valence-corrected chi connectivity index (χ4v) is 2.45. The van der Waals surface area contributed by atoms with Gasteiger partial charge >= 0.3 is 0 Å². The van der Waals surface area contributed by atoms with Crippen molar-refractivity contribution in [2.45, 2.75) is 13.5 Å². The molecule has 0 aliphatic rings. The smallest absolute Gasteiger partial charge is 0.224 e. The summed E-state index contributed by atoms with van der Waals surface area (Å²) in [5.74, 6) is 0.0113. The lowest BCUT2D eigenvalue weighted by Crippen LogP contribution is -2.25. The van der Waals surface area contributed by atoms with Gasteiger partial charge in [-0.1, -0.05) is 43.0 Å². The normalized spacial score (nSPS) is 10.1. The summed E-state index contributed by atoms with van der Waals surface area (Å²) < 4.78 is 0. The van der Waals surface area contributed by atoms with E-state index in [-0.39, 0.29) is 5.91 Å². The number of carbonyl (C=O) groups excluding carboxylic acids is 1. The topological polar surface area (TPSA) is 20.3 Å². The van der Waals surface area contributed by atoms with Crippen LogP contribution in [0, 0.1) is 0 Å². The van der Waals surface area contributed by atoms with E-state index in [1.165, 1.54) is 0 Å². The van der Waals surface area contributed by atoms with Gasteiger partial charge in [-0.15, -0.1) is 11.3 Å². The second kappa shape index (κ2) is 5.65. The molecule has 1 aromatic heterocycles. The fraction of sp³-hybridized carbons (Fsp3) is 0.133. The van der Waals surface area contributed by atoms with Crippen LogP contribution in [-0.4, -0.2) is 10.8 Å². The van der Waals surface area contributed by atoms with Gasteiger partial charge in [-0.05, 0) is 17.0 Å². The van der Waals surface area contributed by atoms with Crippen molar-refractivity contribution in [2.75, 3.05) is 0 Å². The molecule has 1 aromatic carbocycles. The third kappa shape index (κ3) is 2.87. The molecule has 0 aliphatic heterocycles. The minimum absolute atomic E-state index is 0.0113. The quantitative estimate of drug-likeness (QED) is 0.816. The first-order valence-electron chi connectivity index (χ1n) is 5.73. The summed E-state index contributed by atoms with van der Waals surface area (Å²) >= 11 is 1.59. The Morgan fingerprint density at radius 1 is 1.22 bits per heavy atom. The Labute approximate surface area is 111 Å². The highest BCUT2D eigenvalue weighted by molar-refractivity contribution is 7.11. The first-order valence-corrected chi connectivity index (χ1v) is 6.61. The van der Waals surface area contributed by atoms with E-state index in [0.29, 0.717) is 6.54 Å². The Bertz CT molecular complexity index is 531. The average Bonchev–Trinajstić information content (AvgIpc) is 2.90. The zero-order chi connectivity index (χ0) is 13.0. The zero-order valence-electron chi connectivity index (χ0n) is 10.3. The molecule has 1 amide bonds. The van der Waals surface area contributed by atoms with Crippen molar-refractivity contribution in [3.63, 3.8) is 0 Å². The molecule has 2 nitrogen and oxygen atoms in total. The zero-order valence-corrected chi connectivity index (χ0v) is 11.1. The summed E-state index contributed by atoms with van der Waals surface area (Å²) in [6.07, 6.45) is 0. The standard InChI is InChI=1S/C15H15NOS/c1-12(15-9-6-10-18-15)16(13(2)17)11-14-7-4-3-5-8-14/h3-10H,1,11H2,2H3. The van der Waals surface area contributed by atoms with Gasteiger partial charge in [0.05, 0.1) is 17.1 Å². The molecule has 0 atom stereocenters. The van der Waals surface area contributed by atoms with Gasteiger partial charge in [0.1, 0.15) is 0 Å². The molecule has 92 valence electrons. The van der Waals surface area contributed by atoms with Crippen molar-refractivity contribution in [3.05, 3.63) is 64.9 Å². The third-order valence-corrected chi connectivity index (χ3v) is 3.61.